The number of hydrogen-bond acceptors (Lipinski definition) is 3. The molecule has 0 unspecified atom stereocenters. The minimum atomic E-state index is -1.00. The van der Waals surface area contributed by atoms with Crippen molar-refractivity contribution in [2.75, 3.05) is 14.2 Å². The second-order valence-corrected chi connectivity index (χ2v) is 6.98. The first-order valence-electron chi connectivity index (χ1n) is 8.06. The summed E-state index contributed by atoms with van der Waals surface area (Å²) >= 11 is 5.88. The molecular weight excluding hydrogens is 338 g/mol. The minimum Gasteiger partial charge on any atom is -0.496 e. The Balaban J connectivity index is 2.12. The molecule has 0 bridgehead atoms. The summed E-state index contributed by atoms with van der Waals surface area (Å²) < 4.78 is 11.3. The fourth-order valence-corrected chi connectivity index (χ4v) is 2.78. The van der Waals surface area contributed by atoms with Crippen molar-refractivity contribution in [3.8, 4) is 11.5 Å². The quantitative estimate of drug-likeness (QED) is 0.761. The van der Waals surface area contributed by atoms with Crippen LogP contribution in [0.2, 0.25) is 5.02 Å². The van der Waals surface area contributed by atoms with E-state index in [2.05, 4.69) is 0 Å². The monoisotopic (exact) mass is 361 g/mol. The molecule has 0 saturated carbocycles. The van der Waals surface area contributed by atoms with Crippen molar-refractivity contribution >= 4 is 17.5 Å². The second-order valence-electron chi connectivity index (χ2n) is 6.54. The number of aryl methyl sites for hydroxylation is 1. The van der Waals surface area contributed by atoms with Gasteiger partial charge in [-0.1, -0.05) is 29.3 Å². The molecule has 2 aromatic rings. The molecule has 134 valence electrons. The third-order valence-electron chi connectivity index (χ3n) is 3.89. The van der Waals surface area contributed by atoms with Gasteiger partial charge in [-0.15, -0.1) is 0 Å². The van der Waals surface area contributed by atoms with Crippen molar-refractivity contribution in [1.82, 2.24) is 4.90 Å². The minimum absolute atomic E-state index is 0.119. The normalized spacial score (nSPS) is 11.1. The van der Waals surface area contributed by atoms with E-state index in [0.717, 1.165) is 16.9 Å². The van der Waals surface area contributed by atoms with E-state index in [1.54, 1.807) is 57.2 Å². The van der Waals surface area contributed by atoms with E-state index >= 15 is 0 Å². The Morgan fingerprint density at radius 1 is 1.16 bits per heavy atom. The average Bonchev–Trinajstić information content (AvgIpc) is 2.56. The van der Waals surface area contributed by atoms with Crippen LogP contribution in [0.4, 0.5) is 0 Å². The van der Waals surface area contributed by atoms with Gasteiger partial charge in [-0.05, 0) is 51.1 Å². The molecule has 0 saturated heterocycles. The van der Waals surface area contributed by atoms with Crippen molar-refractivity contribution in [1.29, 1.82) is 0 Å². The molecule has 2 rings (SSSR count). The molecule has 25 heavy (non-hydrogen) atoms. The SMILES string of the molecule is COc1ccc(C)cc1CN(C)C(=O)C(C)(C)Oc1ccc(Cl)cc1. The maximum atomic E-state index is 12.9. The number of methoxy groups -OCH3 is 1. The van der Waals surface area contributed by atoms with Crippen LogP contribution < -0.4 is 9.47 Å². The van der Waals surface area contributed by atoms with Crippen molar-refractivity contribution in [3.05, 3.63) is 58.6 Å². The summed E-state index contributed by atoms with van der Waals surface area (Å²) in [5.74, 6) is 1.25. The predicted molar refractivity (Wildman–Crippen MR) is 100 cm³/mol. The summed E-state index contributed by atoms with van der Waals surface area (Å²) in [5, 5.41) is 0.625. The maximum Gasteiger partial charge on any atom is 0.266 e. The zero-order valence-electron chi connectivity index (χ0n) is 15.3. The maximum absolute atomic E-state index is 12.9. The Kier molecular flexibility index (Phi) is 5.96. The van der Waals surface area contributed by atoms with Crippen LogP contribution in [0.3, 0.4) is 0 Å². The average molecular weight is 362 g/mol. The van der Waals surface area contributed by atoms with E-state index in [9.17, 15) is 4.79 Å². The van der Waals surface area contributed by atoms with E-state index in [0.29, 0.717) is 17.3 Å². The molecule has 1 amide bonds. The molecule has 0 aliphatic heterocycles. The molecule has 4 nitrogen and oxygen atoms in total. The summed E-state index contributed by atoms with van der Waals surface area (Å²) in [6, 6.07) is 12.9. The topological polar surface area (TPSA) is 38.8 Å². The van der Waals surface area contributed by atoms with Gasteiger partial charge in [0.2, 0.25) is 0 Å². The van der Waals surface area contributed by atoms with E-state index in [4.69, 9.17) is 21.1 Å². The number of carbonyl (C=O) groups is 1. The highest BCUT2D eigenvalue weighted by Gasteiger charge is 2.33. The van der Waals surface area contributed by atoms with Crippen LogP contribution in [-0.2, 0) is 11.3 Å². The van der Waals surface area contributed by atoms with Gasteiger partial charge < -0.3 is 14.4 Å². The summed E-state index contributed by atoms with van der Waals surface area (Å²) in [6.07, 6.45) is 0. The largest absolute Gasteiger partial charge is 0.496 e. The second kappa shape index (κ2) is 7.79. The molecule has 0 radical (unpaired) electrons. The summed E-state index contributed by atoms with van der Waals surface area (Å²) in [4.78, 5) is 14.5. The van der Waals surface area contributed by atoms with Gasteiger partial charge in [0, 0.05) is 24.2 Å². The molecule has 0 N–H and O–H groups in total. The Bertz CT molecular complexity index is 741. The standard InChI is InChI=1S/C20H24ClNO3/c1-14-6-11-18(24-5)15(12-14)13-22(4)19(23)20(2,3)25-17-9-7-16(21)8-10-17/h6-12H,13H2,1-5H3. The van der Waals surface area contributed by atoms with Crippen LogP contribution in [0.15, 0.2) is 42.5 Å². The highest BCUT2D eigenvalue weighted by atomic mass is 35.5. The zero-order chi connectivity index (χ0) is 18.6. The van der Waals surface area contributed by atoms with Crippen LogP contribution in [0.25, 0.3) is 0 Å². The molecule has 0 fully saturated rings. The number of amides is 1. The van der Waals surface area contributed by atoms with Crippen molar-refractivity contribution in [3.63, 3.8) is 0 Å². The lowest BCUT2D eigenvalue weighted by Gasteiger charge is -2.30. The van der Waals surface area contributed by atoms with E-state index in [1.165, 1.54) is 0 Å². The molecule has 5 heteroatoms. The van der Waals surface area contributed by atoms with Crippen molar-refractivity contribution < 1.29 is 14.3 Å². The Morgan fingerprint density at radius 3 is 2.40 bits per heavy atom. The summed E-state index contributed by atoms with van der Waals surface area (Å²) in [6.45, 7) is 5.97. The number of benzene rings is 2. The molecule has 0 heterocycles. The Morgan fingerprint density at radius 2 is 1.80 bits per heavy atom. The lowest BCUT2D eigenvalue weighted by molar-refractivity contribution is -0.144. The van der Waals surface area contributed by atoms with Crippen LogP contribution in [-0.4, -0.2) is 30.6 Å². The third-order valence-corrected chi connectivity index (χ3v) is 4.14. The molecule has 0 aliphatic rings. The lowest BCUT2D eigenvalue weighted by atomic mass is 10.1. The molecule has 0 aromatic heterocycles. The van der Waals surface area contributed by atoms with Gasteiger partial charge in [0.1, 0.15) is 11.5 Å². The number of likely N-dealkylation sites (N-methyl/N-ethyl adjacent to an activating group) is 1. The van der Waals surface area contributed by atoms with E-state index < -0.39 is 5.60 Å². The molecule has 2 aromatic carbocycles. The number of hydrogen-bond donors (Lipinski definition) is 0. The van der Waals surface area contributed by atoms with Gasteiger partial charge in [-0.3, -0.25) is 4.79 Å². The van der Waals surface area contributed by atoms with Crippen LogP contribution >= 0.6 is 11.6 Å². The number of nitrogens with zero attached hydrogens (tertiary/aromatic N) is 1. The lowest BCUT2D eigenvalue weighted by Crippen LogP contribution is -2.47. The first-order valence-corrected chi connectivity index (χ1v) is 8.44. The van der Waals surface area contributed by atoms with E-state index in [1.807, 2.05) is 25.1 Å². The summed E-state index contributed by atoms with van der Waals surface area (Å²) in [7, 11) is 3.39. The fourth-order valence-electron chi connectivity index (χ4n) is 2.66. The molecule has 0 atom stereocenters. The fraction of sp³-hybridized carbons (Fsp3) is 0.350. The van der Waals surface area contributed by atoms with E-state index in [-0.39, 0.29) is 5.91 Å². The first-order chi connectivity index (χ1) is 11.7. The summed E-state index contributed by atoms with van der Waals surface area (Å²) in [5.41, 5.74) is 1.08. The zero-order valence-corrected chi connectivity index (χ0v) is 16.1. The number of rotatable bonds is 6. The van der Waals surface area contributed by atoms with Crippen molar-refractivity contribution in [2.24, 2.45) is 0 Å². The van der Waals surface area contributed by atoms with Crippen LogP contribution in [0.5, 0.6) is 11.5 Å². The van der Waals surface area contributed by atoms with Crippen molar-refractivity contribution in [2.45, 2.75) is 32.9 Å². The third kappa shape index (κ3) is 4.89. The molecule has 0 spiro atoms. The number of halogens is 1. The molecular formula is C20H24ClNO3. The first kappa shape index (κ1) is 19.1. The highest BCUT2D eigenvalue weighted by molar-refractivity contribution is 6.30. The Labute approximate surface area is 154 Å². The van der Waals surface area contributed by atoms with Gasteiger partial charge in [-0.2, -0.15) is 0 Å². The van der Waals surface area contributed by atoms with Crippen LogP contribution in [0.1, 0.15) is 25.0 Å². The molecule has 0 aliphatic carbocycles. The van der Waals surface area contributed by atoms with Gasteiger partial charge in [0.05, 0.1) is 7.11 Å². The van der Waals surface area contributed by atoms with Crippen LogP contribution in [0, 0.1) is 6.92 Å². The highest BCUT2D eigenvalue weighted by Crippen LogP contribution is 2.25. The van der Waals surface area contributed by atoms with Gasteiger partial charge in [0.15, 0.2) is 5.60 Å². The van der Waals surface area contributed by atoms with Gasteiger partial charge >= 0.3 is 0 Å². The Hall–Kier alpha value is -2.20. The number of ether oxygens (including phenoxy) is 2. The smallest absolute Gasteiger partial charge is 0.266 e. The predicted octanol–water partition coefficient (Wildman–Crippen LogP) is 4.47. The van der Waals surface area contributed by atoms with Gasteiger partial charge in [-0.25, -0.2) is 0 Å². The van der Waals surface area contributed by atoms with Gasteiger partial charge in [0.25, 0.3) is 5.91 Å². The number of carbonyl (C=O) groups excluding carboxylic acids is 1.